The Hall–Kier alpha value is -0.910. The fraction of sp³-hybridized carbons (Fsp3) is 0.571. The standard InChI is InChI=1S/C14H22N2O2S/c1-15-9-12-4-3-5-13(8-12)10-16(2)14-6-7-19(17,18)11-14/h3-5,8,14-15H,6-7,9-11H2,1-2H3. The number of hydrogen-bond acceptors (Lipinski definition) is 4. The number of rotatable bonds is 5. The highest BCUT2D eigenvalue weighted by Crippen LogP contribution is 2.18. The zero-order chi connectivity index (χ0) is 13.9. The van der Waals surface area contributed by atoms with E-state index in [0.29, 0.717) is 11.5 Å². The van der Waals surface area contributed by atoms with Gasteiger partial charge in [-0.25, -0.2) is 8.42 Å². The lowest BCUT2D eigenvalue weighted by Crippen LogP contribution is -2.32. The van der Waals surface area contributed by atoms with Crippen LogP contribution in [0.4, 0.5) is 0 Å². The molecule has 5 heteroatoms. The zero-order valence-electron chi connectivity index (χ0n) is 11.6. The molecule has 1 atom stereocenters. The lowest BCUT2D eigenvalue weighted by Gasteiger charge is -2.23. The first-order chi connectivity index (χ1) is 9.00. The van der Waals surface area contributed by atoms with E-state index in [1.165, 1.54) is 11.1 Å². The molecule has 0 spiro atoms. The molecule has 106 valence electrons. The summed E-state index contributed by atoms with van der Waals surface area (Å²) in [6.07, 6.45) is 0.759. The highest BCUT2D eigenvalue weighted by molar-refractivity contribution is 7.91. The minimum absolute atomic E-state index is 0.165. The Labute approximate surface area is 115 Å². The van der Waals surface area contributed by atoms with Crippen LogP contribution >= 0.6 is 0 Å². The summed E-state index contributed by atoms with van der Waals surface area (Å²) < 4.78 is 23.0. The summed E-state index contributed by atoms with van der Waals surface area (Å²) in [5, 5.41) is 3.14. The van der Waals surface area contributed by atoms with Gasteiger partial charge in [0.1, 0.15) is 0 Å². The van der Waals surface area contributed by atoms with Crippen LogP contribution in [0.1, 0.15) is 17.5 Å². The molecule has 1 aliphatic rings. The molecule has 1 heterocycles. The second-order valence-electron chi connectivity index (χ2n) is 5.32. The number of benzene rings is 1. The van der Waals surface area contributed by atoms with Gasteiger partial charge in [0.25, 0.3) is 0 Å². The van der Waals surface area contributed by atoms with E-state index in [4.69, 9.17) is 0 Å². The van der Waals surface area contributed by atoms with Crippen LogP contribution in [0.3, 0.4) is 0 Å². The zero-order valence-corrected chi connectivity index (χ0v) is 12.4. The quantitative estimate of drug-likeness (QED) is 0.876. The average Bonchev–Trinajstić information content (AvgIpc) is 2.71. The molecule has 0 aliphatic carbocycles. The minimum atomic E-state index is -2.80. The molecule has 0 saturated carbocycles. The van der Waals surface area contributed by atoms with Crippen molar-refractivity contribution < 1.29 is 8.42 Å². The summed E-state index contributed by atoms with van der Waals surface area (Å²) in [5.74, 6) is 0.640. The van der Waals surface area contributed by atoms with Gasteiger partial charge in [-0.3, -0.25) is 4.90 Å². The number of hydrogen-bond donors (Lipinski definition) is 1. The molecular formula is C14H22N2O2S. The third-order valence-electron chi connectivity index (χ3n) is 3.64. The van der Waals surface area contributed by atoms with Crippen LogP contribution in [0.2, 0.25) is 0 Å². The molecule has 1 saturated heterocycles. The Balaban J connectivity index is 1.99. The lowest BCUT2D eigenvalue weighted by molar-refractivity contribution is 0.254. The van der Waals surface area contributed by atoms with Crippen LogP contribution in [0.15, 0.2) is 24.3 Å². The Bertz CT molecular complexity index is 528. The first kappa shape index (κ1) is 14.5. The number of nitrogens with zero attached hydrogens (tertiary/aromatic N) is 1. The summed E-state index contributed by atoms with van der Waals surface area (Å²) in [6, 6.07) is 8.59. The molecule has 0 aromatic heterocycles. The molecule has 19 heavy (non-hydrogen) atoms. The second kappa shape index (κ2) is 6.03. The highest BCUT2D eigenvalue weighted by Gasteiger charge is 2.30. The van der Waals surface area contributed by atoms with Gasteiger partial charge >= 0.3 is 0 Å². The van der Waals surface area contributed by atoms with Gasteiger partial charge in [-0.1, -0.05) is 24.3 Å². The first-order valence-corrected chi connectivity index (χ1v) is 8.45. The van der Waals surface area contributed by atoms with Crippen molar-refractivity contribution in [3.63, 3.8) is 0 Å². The van der Waals surface area contributed by atoms with Crippen molar-refractivity contribution in [1.82, 2.24) is 10.2 Å². The van der Waals surface area contributed by atoms with Crippen LogP contribution in [0, 0.1) is 0 Å². The smallest absolute Gasteiger partial charge is 0.151 e. The molecule has 0 amide bonds. The van der Waals surface area contributed by atoms with Crippen molar-refractivity contribution in [3.8, 4) is 0 Å². The van der Waals surface area contributed by atoms with Gasteiger partial charge in [0.2, 0.25) is 0 Å². The third kappa shape index (κ3) is 4.03. The fourth-order valence-electron chi connectivity index (χ4n) is 2.58. The van der Waals surface area contributed by atoms with E-state index in [9.17, 15) is 8.42 Å². The molecule has 1 aromatic rings. The molecule has 1 fully saturated rings. The van der Waals surface area contributed by atoms with Crippen molar-refractivity contribution in [3.05, 3.63) is 35.4 Å². The van der Waals surface area contributed by atoms with Crippen LogP contribution < -0.4 is 5.32 Å². The highest BCUT2D eigenvalue weighted by atomic mass is 32.2. The molecule has 4 nitrogen and oxygen atoms in total. The van der Waals surface area contributed by atoms with Crippen LogP contribution in [-0.2, 0) is 22.9 Å². The molecule has 0 bridgehead atoms. The maximum atomic E-state index is 11.5. The number of nitrogens with one attached hydrogen (secondary N) is 1. The van der Waals surface area contributed by atoms with Gasteiger partial charge in [-0.05, 0) is 31.6 Å². The topological polar surface area (TPSA) is 49.4 Å². The van der Waals surface area contributed by atoms with E-state index in [2.05, 4.69) is 34.5 Å². The van der Waals surface area contributed by atoms with E-state index in [1.54, 1.807) is 0 Å². The Kier molecular flexibility index (Phi) is 4.60. The van der Waals surface area contributed by atoms with Crippen LogP contribution in [0.25, 0.3) is 0 Å². The summed E-state index contributed by atoms with van der Waals surface area (Å²) in [6.45, 7) is 1.66. The maximum absolute atomic E-state index is 11.5. The second-order valence-corrected chi connectivity index (χ2v) is 7.55. The van der Waals surface area contributed by atoms with Crippen LogP contribution in [-0.4, -0.2) is 45.0 Å². The summed E-state index contributed by atoms with van der Waals surface area (Å²) in [4.78, 5) is 2.16. The summed E-state index contributed by atoms with van der Waals surface area (Å²) in [5.41, 5.74) is 2.49. The molecule has 1 aliphatic heterocycles. The Morgan fingerprint density at radius 3 is 2.74 bits per heavy atom. The van der Waals surface area contributed by atoms with Crippen molar-refractivity contribution in [1.29, 1.82) is 0 Å². The molecule has 2 rings (SSSR count). The van der Waals surface area contributed by atoms with Gasteiger partial charge in [0.05, 0.1) is 11.5 Å². The van der Waals surface area contributed by atoms with Gasteiger partial charge in [0, 0.05) is 19.1 Å². The molecule has 1 aromatic carbocycles. The van der Waals surface area contributed by atoms with E-state index < -0.39 is 9.84 Å². The van der Waals surface area contributed by atoms with Gasteiger partial charge in [-0.15, -0.1) is 0 Å². The average molecular weight is 282 g/mol. The predicted molar refractivity (Wildman–Crippen MR) is 77.7 cm³/mol. The summed E-state index contributed by atoms with van der Waals surface area (Å²) in [7, 11) is 1.14. The fourth-order valence-corrected chi connectivity index (χ4v) is 4.39. The number of sulfone groups is 1. The van der Waals surface area contributed by atoms with E-state index in [0.717, 1.165) is 19.5 Å². The van der Waals surface area contributed by atoms with Crippen molar-refractivity contribution in [2.45, 2.75) is 25.6 Å². The van der Waals surface area contributed by atoms with Crippen LogP contribution in [0.5, 0.6) is 0 Å². The normalized spacial score (nSPS) is 21.9. The minimum Gasteiger partial charge on any atom is -0.316 e. The Morgan fingerprint density at radius 2 is 2.11 bits per heavy atom. The van der Waals surface area contributed by atoms with Gasteiger partial charge in [0.15, 0.2) is 9.84 Å². The third-order valence-corrected chi connectivity index (χ3v) is 5.39. The van der Waals surface area contributed by atoms with Crippen molar-refractivity contribution in [2.75, 3.05) is 25.6 Å². The van der Waals surface area contributed by atoms with E-state index in [-0.39, 0.29) is 6.04 Å². The van der Waals surface area contributed by atoms with Crippen molar-refractivity contribution in [2.24, 2.45) is 0 Å². The maximum Gasteiger partial charge on any atom is 0.151 e. The molecule has 0 radical (unpaired) electrons. The first-order valence-electron chi connectivity index (χ1n) is 6.63. The molecule has 1 N–H and O–H groups in total. The lowest BCUT2D eigenvalue weighted by atomic mass is 10.1. The van der Waals surface area contributed by atoms with E-state index >= 15 is 0 Å². The van der Waals surface area contributed by atoms with Gasteiger partial charge < -0.3 is 5.32 Å². The monoisotopic (exact) mass is 282 g/mol. The predicted octanol–water partition coefficient (Wildman–Crippen LogP) is 1.02. The molecule has 1 unspecified atom stereocenters. The molecular weight excluding hydrogens is 260 g/mol. The van der Waals surface area contributed by atoms with Crippen molar-refractivity contribution >= 4 is 9.84 Å². The Morgan fingerprint density at radius 1 is 1.37 bits per heavy atom. The van der Waals surface area contributed by atoms with E-state index in [1.807, 2.05) is 14.1 Å². The van der Waals surface area contributed by atoms with Gasteiger partial charge in [-0.2, -0.15) is 0 Å². The largest absolute Gasteiger partial charge is 0.316 e. The SMILES string of the molecule is CNCc1cccc(CN(C)C2CCS(=O)(=O)C2)c1. The summed E-state index contributed by atoms with van der Waals surface area (Å²) >= 11 is 0.